The molecule has 0 aliphatic carbocycles. The Morgan fingerprint density at radius 3 is 1.94 bits per heavy atom. The molecule has 7 heteroatoms. The number of Topliss-reactive ketones (excluding diaryl/α,β-unsaturated/α-hetero) is 2. The fourth-order valence-corrected chi connectivity index (χ4v) is 1.95. The molecular formula is C11H8Br2O5. The van der Waals surface area contributed by atoms with Crippen LogP contribution in [0.1, 0.15) is 31.1 Å². The van der Waals surface area contributed by atoms with E-state index in [4.69, 9.17) is 5.11 Å². The molecule has 0 saturated heterocycles. The summed E-state index contributed by atoms with van der Waals surface area (Å²) in [6, 6.07) is 2.24. The Morgan fingerprint density at radius 2 is 1.50 bits per heavy atom. The number of benzene rings is 1. The van der Waals surface area contributed by atoms with Crippen molar-refractivity contribution >= 4 is 49.4 Å². The number of phenols is 1. The molecule has 1 rings (SSSR count). The van der Waals surface area contributed by atoms with Crippen molar-refractivity contribution in [3.05, 3.63) is 28.8 Å². The number of aromatic hydroxyl groups is 1. The van der Waals surface area contributed by atoms with Gasteiger partial charge in [-0.3, -0.25) is 9.59 Å². The zero-order valence-electron chi connectivity index (χ0n) is 8.94. The van der Waals surface area contributed by atoms with E-state index in [1.807, 2.05) is 0 Å². The summed E-state index contributed by atoms with van der Waals surface area (Å²) in [5, 5.41) is 18.5. The van der Waals surface area contributed by atoms with Gasteiger partial charge in [0.2, 0.25) is 0 Å². The predicted molar refractivity (Wildman–Crippen MR) is 71.3 cm³/mol. The molecule has 0 atom stereocenters. The minimum absolute atomic E-state index is 0.00121. The monoisotopic (exact) mass is 378 g/mol. The predicted octanol–water partition coefficient (Wildman–Crippen LogP) is 2.25. The average molecular weight is 380 g/mol. The first-order chi connectivity index (χ1) is 8.42. The summed E-state index contributed by atoms with van der Waals surface area (Å²) in [5.41, 5.74) is -0.589. The van der Waals surface area contributed by atoms with Crippen LogP contribution in [0.25, 0.3) is 0 Å². The Balaban J connectivity index is 3.51. The number of hydrogen-bond acceptors (Lipinski definition) is 4. The standard InChI is InChI=1S/C11H8Br2O5/c12-3-8(14)5-1-6(9(15)4-13)10(16)7(2-5)11(17)18/h1-2,16H,3-4H2,(H,17,18). The van der Waals surface area contributed by atoms with E-state index in [-0.39, 0.29) is 27.6 Å². The van der Waals surface area contributed by atoms with E-state index in [0.29, 0.717) is 0 Å². The van der Waals surface area contributed by atoms with Crippen LogP contribution < -0.4 is 0 Å². The highest BCUT2D eigenvalue weighted by Crippen LogP contribution is 2.26. The van der Waals surface area contributed by atoms with E-state index >= 15 is 0 Å². The third-order valence-corrected chi connectivity index (χ3v) is 3.22. The van der Waals surface area contributed by atoms with E-state index < -0.39 is 23.1 Å². The second kappa shape index (κ2) is 6.10. The van der Waals surface area contributed by atoms with Gasteiger partial charge in [-0.2, -0.15) is 0 Å². The highest BCUT2D eigenvalue weighted by Gasteiger charge is 2.21. The molecule has 96 valence electrons. The molecule has 0 spiro atoms. The van der Waals surface area contributed by atoms with Crippen LogP contribution in [0.15, 0.2) is 12.1 Å². The summed E-state index contributed by atoms with van der Waals surface area (Å²) in [7, 11) is 0. The third kappa shape index (κ3) is 2.97. The van der Waals surface area contributed by atoms with Crippen molar-refractivity contribution < 1.29 is 24.6 Å². The third-order valence-electron chi connectivity index (χ3n) is 2.21. The summed E-state index contributed by atoms with van der Waals surface area (Å²) in [4.78, 5) is 34.0. The average Bonchev–Trinajstić information content (AvgIpc) is 2.36. The maximum Gasteiger partial charge on any atom is 0.339 e. The van der Waals surface area contributed by atoms with E-state index in [1.54, 1.807) is 0 Å². The zero-order chi connectivity index (χ0) is 13.9. The van der Waals surface area contributed by atoms with E-state index in [1.165, 1.54) is 6.07 Å². The Morgan fingerprint density at radius 1 is 1.00 bits per heavy atom. The van der Waals surface area contributed by atoms with Crippen LogP contribution >= 0.6 is 31.9 Å². The Bertz CT molecular complexity index is 524. The minimum atomic E-state index is -1.40. The van der Waals surface area contributed by atoms with Crippen LogP contribution in [0.3, 0.4) is 0 Å². The summed E-state index contributed by atoms with van der Waals surface area (Å²) in [6.45, 7) is 0. The number of alkyl halides is 2. The molecule has 0 bridgehead atoms. The number of carboxylic acids is 1. The van der Waals surface area contributed by atoms with Gasteiger partial charge in [0.1, 0.15) is 11.3 Å². The van der Waals surface area contributed by atoms with Crippen molar-refractivity contribution in [3.8, 4) is 5.75 Å². The van der Waals surface area contributed by atoms with Gasteiger partial charge in [0.15, 0.2) is 11.6 Å². The van der Waals surface area contributed by atoms with Crippen LogP contribution in [0, 0.1) is 0 Å². The lowest BCUT2D eigenvalue weighted by atomic mass is 9.99. The summed E-state index contributed by atoms with van der Waals surface area (Å²) < 4.78 is 0. The van der Waals surface area contributed by atoms with Crippen molar-refractivity contribution in [1.29, 1.82) is 0 Å². The van der Waals surface area contributed by atoms with Gasteiger partial charge in [0.25, 0.3) is 0 Å². The van der Waals surface area contributed by atoms with Gasteiger partial charge in [-0.15, -0.1) is 0 Å². The molecular weight excluding hydrogens is 372 g/mol. The first kappa shape index (κ1) is 14.8. The van der Waals surface area contributed by atoms with Crippen LogP contribution in [-0.4, -0.2) is 38.4 Å². The van der Waals surface area contributed by atoms with Crippen LogP contribution in [0.2, 0.25) is 0 Å². The summed E-state index contributed by atoms with van der Waals surface area (Å²) in [6.07, 6.45) is 0. The van der Waals surface area contributed by atoms with Crippen LogP contribution in [0.4, 0.5) is 0 Å². The van der Waals surface area contributed by atoms with Gasteiger partial charge < -0.3 is 10.2 Å². The molecule has 0 heterocycles. The fourth-order valence-electron chi connectivity index (χ4n) is 1.32. The maximum absolute atomic E-state index is 11.5. The molecule has 0 amide bonds. The quantitative estimate of drug-likeness (QED) is 0.604. The Kier molecular flexibility index (Phi) is 5.03. The van der Waals surface area contributed by atoms with Gasteiger partial charge in [-0.05, 0) is 12.1 Å². The van der Waals surface area contributed by atoms with Gasteiger partial charge >= 0.3 is 5.97 Å². The van der Waals surface area contributed by atoms with Crippen molar-refractivity contribution in [2.75, 3.05) is 10.7 Å². The summed E-state index contributed by atoms with van der Waals surface area (Å²) in [5.74, 6) is -2.90. The molecule has 0 fully saturated rings. The zero-order valence-corrected chi connectivity index (χ0v) is 12.1. The van der Waals surface area contributed by atoms with Crippen molar-refractivity contribution in [2.45, 2.75) is 0 Å². The number of hydrogen-bond donors (Lipinski definition) is 2. The van der Waals surface area contributed by atoms with E-state index in [9.17, 15) is 19.5 Å². The highest BCUT2D eigenvalue weighted by molar-refractivity contribution is 9.09. The number of ketones is 2. The number of carbonyl (C=O) groups is 3. The molecule has 1 aromatic rings. The highest BCUT2D eigenvalue weighted by atomic mass is 79.9. The molecule has 0 aliphatic rings. The molecule has 0 aromatic heterocycles. The summed E-state index contributed by atoms with van der Waals surface area (Å²) >= 11 is 5.88. The largest absolute Gasteiger partial charge is 0.506 e. The maximum atomic E-state index is 11.5. The molecule has 18 heavy (non-hydrogen) atoms. The van der Waals surface area contributed by atoms with Gasteiger partial charge in [0, 0.05) is 5.56 Å². The van der Waals surface area contributed by atoms with Crippen LogP contribution in [-0.2, 0) is 0 Å². The minimum Gasteiger partial charge on any atom is -0.506 e. The lowest BCUT2D eigenvalue weighted by molar-refractivity contribution is 0.0693. The number of carbonyl (C=O) groups excluding carboxylic acids is 2. The Hall–Kier alpha value is -1.21. The van der Waals surface area contributed by atoms with E-state index in [2.05, 4.69) is 31.9 Å². The molecule has 0 unspecified atom stereocenters. The second-order valence-electron chi connectivity index (χ2n) is 3.34. The van der Waals surface area contributed by atoms with Crippen molar-refractivity contribution in [3.63, 3.8) is 0 Å². The van der Waals surface area contributed by atoms with Gasteiger partial charge in [-0.1, -0.05) is 31.9 Å². The number of rotatable bonds is 5. The molecule has 2 N–H and O–H groups in total. The molecule has 1 aromatic carbocycles. The van der Waals surface area contributed by atoms with E-state index in [0.717, 1.165) is 6.07 Å². The number of halogens is 2. The van der Waals surface area contributed by atoms with Crippen molar-refractivity contribution in [1.82, 2.24) is 0 Å². The number of carboxylic acid groups (broad SMARTS) is 1. The molecule has 5 nitrogen and oxygen atoms in total. The normalized spacial score (nSPS) is 10.1. The topological polar surface area (TPSA) is 91.7 Å². The van der Waals surface area contributed by atoms with Gasteiger partial charge in [0.05, 0.1) is 16.2 Å². The number of aromatic carboxylic acids is 1. The molecule has 0 aliphatic heterocycles. The first-order valence-corrected chi connectivity index (χ1v) is 6.95. The SMILES string of the molecule is O=C(CBr)c1cc(C(=O)O)c(O)c(C(=O)CBr)c1. The second-order valence-corrected chi connectivity index (χ2v) is 4.46. The Labute approximate surface area is 119 Å². The van der Waals surface area contributed by atoms with Crippen LogP contribution in [0.5, 0.6) is 5.75 Å². The lowest BCUT2D eigenvalue weighted by Crippen LogP contribution is -2.10. The molecule has 0 radical (unpaired) electrons. The fraction of sp³-hybridized carbons (Fsp3) is 0.182. The van der Waals surface area contributed by atoms with Gasteiger partial charge in [-0.25, -0.2) is 4.79 Å². The molecule has 0 saturated carbocycles. The smallest absolute Gasteiger partial charge is 0.339 e. The lowest BCUT2D eigenvalue weighted by Gasteiger charge is -2.08. The van der Waals surface area contributed by atoms with Crippen molar-refractivity contribution in [2.24, 2.45) is 0 Å². The first-order valence-electron chi connectivity index (χ1n) is 4.71.